The first-order chi connectivity index (χ1) is 11.4. The Hall–Kier alpha value is -2.46. The van der Waals surface area contributed by atoms with Crippen molar-refractivity contribution < 1.29 is 9.84 Å². The molecule has 0 bridgehead atoms. The number of nitrogens with one attached hydrogen (secondary N) is 1. The molecule has 0 aliphatic carbocycles. The summed E-state index contributed by atoms with van der Waals surface area (Å²) in [6.45, 7) is 4.13. The van der Waals surface area contributed by atoms with E-state index in [0.717, 1.165) is 22.7 Å². The molecule has 4 heteroatoms. The summed E-state index contributed by atoms with van der Waals surface area (Å²) in [5.41, 5.74) is 1.61. The molecule has 1 atom stereocenters. The van der Waals surface area contributed by atoms with Crippen molar-refractivity contribution in [1.29, 1.82) is 0 Å². The lowest BCUT2D eigenvalue weighted by Gasteiger charge is -2.39. The topological polar surface area (TPSA) is 44.7 Å². The molecule has 3 rings (SSSR count). The van der Waals surface area contributed by atoms with Gasteiger partial charge in [-0.25, -0.2) is 0 Å². The lowest BCUT2D eigenvalue weighted by atomic mass is 9.77. The highest BCUT2D eigenvalue weighted by Crippen LogP contribution is 2.50. The average Bonchev–Trinajstić information content (AvgIpc) is 2.75. The van der Waals surface area contributed by atoms with Crippen LogP contribution in [0.4, 0.5) is 11.4 Å². The van der Waals surface area contributed by atoms with Crippen molar-refractivity contribution >= 4 is 11.4 Å². The maximum atomic E-state index is 11.3. The van der Waals surface area contributed by atoms with Gasteiger partial charge in [0.2, 0.25) is 0 Å². The highest BCUT2D eigenvalue weighted by molar-refractivity contribution is 5.66. The molecular weight excluding hydrogens is 300 g/mol. The van der Waals surface area contributed by atoms with Crippen LogP contribution in [0.1, 0.15) is 19.4 Å². The predicted molar refractivity (Wildman–Crippen MR) is 98.6 cm³/mol. The first kappa shape index (κ1) is 16.4. The van der Waals surface area contributed by atoms with Gasteiger partial charge >= 0.3 is 0 Å². The first-order valence-electron chi connectivity index (χ1n) is 8.04. The van der Waals surface area contributed by atoms with Crippen LogP contribution in [0.2, 0.25) is 0 Å². The normalized spacial score (nSPS) is 21.8. The third-order valence-corrected chi connectivity index (χ3v) is 5.03. The maximum Gasteiger partial charge on any atom is 0.168 e. The maximum absolute atomic E-state index is 11.3. The Morgan fingerprint density at radius 1 is 1.08 bits per heavy atom. The van der Waals surface area contributed by atoms with Gasteiger partial charge < -0.3 is 20.1 Å². The number of benzene rings is 2. The molecule has 0 saturated heterocycles. The van der Waals surface area contributed by atoms with Gasteiger partial charge in [0.1, 0.15) is 5.75 Å². The van der Waals surface area contributed by atoms with Crippen LogP contribution in [0.15, 0.2) is 60.8 Å². The number of fused-ring (bicyclic) bond motifs is 1. The molecule has 126 valence electrons. The third kappa shape index (κ3) is 2.43. The second kappa shape index (κ2) is 5.87. The van der Waals surface area contributed by atoms with Crippen molar-refractivity contribution in [2.45, 2.75) is 25.0 Å². The van der Waals surface area contributed by atoms with E-state index in [-0.39, 0.29) is 0 Å². The smallest absolute Gasteiger partial charge is 0.168 e. The number of hydrogen-bond acceptors (Lipinski definition) is 4. The number of nitrogens with zero attached hydrogens (tertiary/aromatic N) is 1. The molecule has 1 heterocycles. The molecule has 0 aromatic heterocycles. The van der Waals surface area contributed by atoms with Gasteiger partial charge in [0.05, 0.1) is 7.11 Å². The Bertz CT molecular complexity index is 752. The van der Waals surface area contributed by atoms with Crippen LogP contribution in [0.5, 0.6) is 5.75 Å². The van der Waals surface area contributed by atoms with E-state index in [1.165, 1.54) is 0 Å². The summed E-state index contributed by atoms with van der Waals surface area (Å²) >= 11 is 0. The third-order valence-electron chi connectivity index (χ3n) is 5.03. The van der Waals surface area contributed by atoms with Crippen molar-refractivity contribution in [2.24, 2.45) is 0 Å². The van der Waals surface area contributed by atoms with Crippen LogP contribution in [0.25, 0.3) is 0 Å². The minimum absolute atomic E-state index is 0.420. The summed E-state index contributed by atoms with van der Waals surface area (Å²) in [5, 5.41) is 14.6. The van der Waals surface area contributed by atoms with Gasteiger partial charge in [-0.3, -0.25) is 0 Å². The van der Waals surface area contributed by atoms with Gasteiger partial charge in [-0.05, 0) is 42.0 Å². The molecule has 2 N–H and O–H groups in total. The van der Waals surface area contributed by atoms with E-state index in [9.17, 15) is 5.11 Å². The van der Waals surface area contributed by atoms with Crippen molar-refractivity contribution in [3.63, 3.8) is 0 Å². The number of ether oxygens (including phenoxy) is 1. The van der Waals surface area contributed by atoms with E-state index in [2.05, 4.69) is 25.2 Å². The van der Waals surface area contributed by atoms with Gasteiger partial charge in [0.25, 0.3) is 0 Å². The predicted octanol–water partition coefficient (Wildman–Crippen LogP) is 3.74. The number of anilines is 2. The Balaban J connectivity index is 1.83. The van der Waals surface area contributed by atoms with Crippen molar-refractivity contribution in [3.05, 3.63) is 66.4 Å². The molecule has 0 saturated carbocycles. The fourth-order valence-corrected chi connectivity index (χ4v) is 3.36. The molecule has 24 heavy (non-hydrogen) atoms. The molecule has 0 fully saturated rings. The highest BCUT2D eigenvalue weighted by atomic mass is 16.5. The summed E-state index contributed by atoms with van der Waals surface area (Å²) in [6, 6.07) is 15.8. The number of likely N-dealkylation sites (N-methyl/N-ethyl adjacent to an activating group) is 1. The fourth-order valence-electron chi connectivity index (χ4n) is 3.36. The van der Waals surface area contributed by atoms with Crippen LogP contribution in [-0.2, 0) is 5.41 Å². The van der Waals surface area contributed by atoms with Gasteiger partial charge in [0.15, 0.2) is 5.72 Å². The number of rotatable bonds is 4. The van der Waals surface area contributed by atoms with Crippen LogP contribution in [-0.4, -0.2) is 25.0 Å². The van der Waals surface area contributed by atoms with E-state index in [4.69, 9.17) is 4.74 Å². The van der Waals surface area contributed by atoms with Crippen LogP contribution >= 0.6 is 0 Å². The summed E-state index contributed by atoms with van der Waals surface area (Å²) in [4.78, 5) is 1.93. The minimum Gasteiger partial charge on any atom is -0.497 e. The number of para-hydroxylation sites is 1. The second-order valence-electron chi connectivity index (χ2n) is 6.63. The van der Waals surface area contributed by atoms with Gasteiger partial charge in [-0.15, -0.1) is 0 Å². The van der Waals surface area contributed by atoms with E-state index < -0.39 is 11.1 Å². The van der Waals surface area contributed by atoms with Crippen molar-refractivity contribution in [3.8, 4) is 5.75 Å². The molecule has 1 unspecified atom stereocenters. The number of aliphatic hydroxyl groups is 1. The Morgan fingerprint density at radius 3 is 2.38 bits per heavy atom. The Morgan fingerprint density at radius 2 is 1.75 bits per heavy atom. The zero-order valence-electron chi connectivity index (χ0n) is 14.6. The molecule has 2 aromatic rings. The molecule has 4 nitrogen and oxygen atoms in total. The summed E-state index contributed by atoms with van der Waals surface area (Å²) in [5.74, 6) is 0.815. The summed E-state index contributed by atoms with van der Waals surface area (Å²) in [7, 11) is 3.57. The molecule has 0 amide bonds. The summed E-state index contributed by atoms with van der Waals surface area (Å²) < 4.78 is 5.16. The van der Waals surface area contributed by atoms with E-state index >= 15 is 0 Å². The zero-order chi connectivity index (χ0) is 17.4. The standard InChI is InChI=1S/C20H24N2O2/c1-19(2)17-7-5-6-8-18(17)22(3)20(19,23)13-14-21-15-9-11-16(24-4)12-10-15/h5-14,21,23H,1-4H3/b14-13+. The van der Waals surface area contributed by atoms with Gasteiger partial charge in [0, 0.05) is 30.0 Å². The van der Waals surface area contributed by atoms with E-state index in [1.807, 2.05) is 60.5 Å². The van der Waals surface area contributed by atoms with Gasteiger partial charge in [-0.2, -0.15) is 0 Å². The second-order valence-corrected chi connectivity index (χ2v) is 6.63. The largest absolute Gasteiger partial charge is 0.497 e. The minimum atomic E-state index is -1.10. The average molecular weight is 324 g/mol. The molecule has 0 radical (unpaired) electrons. The molecule has 2 aromatic carbocycles. The fraction of sp³-hybridized carbons (Fsp3) is 0.300. The Kier molecular flexibility index (Phi) is 4.01. The van der Waals surface area contributed by atoms with Crippen molar-refractivity contribution in [1.82, 2.24) is 0 Å². The number of methoxy groups -OCH3 is 1. The molecule has 1 aliphatic heterocycles. The first-order valence-corrected chi connectivity index (χ1v) is 8.04. The Labute approximate surface area is 143 Å². The zero-order valence-corrected chi connectivity index (χ0v) is 14.6. The van der Waals surface area contributed by atoms with E-state index in [0.29, 0.717) is 0 Å². The quantitative estimate of drug-likeness (QED) is 0.899. The lowest BCUT2D eigenvalue weighted by Crippen LogP contribution is -2.52. The number of hydrogen-bond donors (Lipinski definition) is 2. The van der Waals surface area contributed by atoms with Crippen molar-refractivity contribution in [2.75, 3.05) is 24.4 Å². The van der Waals surface area contributed by atoms with Crippen LogP contribution < -0.4 is 15.0 Å². The van der Waals surface area contributed by atoms with Crippen LogP contribution in [0, 0.1) is 0 Å². The highest BCUT2D eigenvalue weighted by Gasteiger charge is 2.53. The molecule has 1 aliphatic rings. The lowest BCUT2D eigenvalue weighted by molar-refractivity contribution is 0.0340. The van der Waals surface area contributed by atoms with E-state index in [1.54, 1.807) is 13.3 Å². The SMILES string of the molecule is COc1ccc(N/C=C/C2(O)N(C)c3ccccc3C2(C)C)cc1. The van der Waals surface area contributed by atoms with Gasteiger partial charge in [-0.1, -0.05) is 32.0 Å². The summed E-state index contributed by atoms with van der Waals surface area (Å²) in [6.07, 6.45) is 3.61. The van der Waals surface area contributed by atoms with Crippen LogP contribution in [0.3, 0.4) is 0 Å². The molecular formula is C20H24N2O2. The molecule has 0 spiro atoms. The monoisotopic (exact) mass is 324 g/mol.